The van der Waals surface area contributed by atoms with E-state index in [1.165, 1.54) is 0 Å². The third kappa shape index (κ3) is 3.50. The normalized spacial score (nSPS) is 13.5. The second kappa shape index (κ2) is 6.48. The predicted octanol–water partition coefficient (Wildman–Crippen LogP) is 4.65. The molecule has 0 radical (unpaired) electrons. The van der Waals surface area contributed by atoms with Gasteiger partial charge in [0.05, 0.1) is 4.92 Å². The molecule has 1 amide bonds. The lowest BCUT2D eigenvalue weighted by molar-refractivity contribution is -0.388. The smallest absolute Gasteiger partial charge is 0.320 e. The first kappa shape index (κ1) is 21.8. The Labute approximate surface area is 141 Å². The van der Waals surface area contributed by atoms with E-state index in [2.05, 4.69) is 0 Å². The first-order chi connectivity index (χ1) is 11.5. The van der Waals surface area contributed by atoms with Gasteiger partial charge >= 0.3 is 29.9 Å². The largest absolute Gasteiger partial charge is 0.460 e. The van der Waals surface area contributed by atoms with Crippen molar-refractivity contribution in [2.75, 3.05) is 5.32 Å². The number of anilines is 1. The fourth-order valence-corrected chi connectivity index (χ4v) is 1.64. The number of carbonyl (C=O) groups excluding carboxylic acids is 1. The zero-order chi connectivity index (χ0) is 20.7. The van der Waals surface area contributed by atoms with Crippen molar-refractivity contribution in [3.05, 3.63) is 33.3 Å². The standard InChI is InChI=1S/C11H4ClF9N2O3/c12-5-2-1-4(3-6(5)23(25)26)22-7(24)8(13,14)9(15,16)10(17,18)11(19,20)21/h1-3H,(H,22,24). The summed E-state index contributed by atoms with van der Waals surface area (Å²) in [5, 5.41) is 10.9. The molecule has 0 aliphatic rings. The summed E-state index contributed by atoms with van der Waals surface area (Å²) in [6.45, 7) is 0. The van der Waals surface area contributed by atoms with Crippen molar-refractivity contribution in [2.24, 2.45) is 0 Å². The second-order valence-corrected chi connectivity index (χ2v) is 5.01. The summed E-state index contributed by atoms with van der Waals surface area (Å²) < 4.78 is 114. The average molecular weight is 419 g/mol. The molecular weight excluding hydrogens is 415 g/mol. The van der Waals surface area contributed by atoms with Crippen LogP contribution in [0.3, 0.4) is 0 Å². The lowest BCUT2D eigenvalue weighted by Crippen LogP contribution is -2.64. The van der Waals surface area contributed by atoms with Gasteiger partial charge in [-0.05, 0) is 12.1 Å². The highest BCUT2D eigenvalue weighted by Gasteiger charge is 2.83. The van der Waals surface area contributed by atoms with E-state index in [1.807, 2.05) is 0 Å². The number of alkyl halides is 9. The first-order valence-corrected chi connectivity index (χ1v) is 6.30. The minimum absolute atomic E-state index is 0.302. The van der Waals surface area contributed by atoms with Crippen LogP contribution in [0.15, 0.2) is 18.2 Å². The fraction of sp³-hybridized carbons (Fsp3) is 0.364. The Hall–Kier alpha value is -2.25. The highest BCUT2D eigenvalue weighted by molar-refractivity contribution is 6.32. The van der Waals surface area contributed by atoms with Crippen LogP contribution in [-0.2, 0) is 4.79 Å². The van der Waals surface area contributed by atoms with Crippen LogP contribution in [0.4, 0.5) is 50.9 Å². The third-order valence-electron chi connectivity index (χ3n) is 2.83. The molecule has 15 heteroatoms. The summed E-state index contributed by atoms with van der Waals surface area (Å²) in [7, 11) is 0. The van der Waals surface area contributed by atoms with Crippen molar-refractivity contribution in [2.45, 2.75) is 23.9 Å². The van der Waals surface area contributed by atoms with Gasteiger partial charge in [-0.15, -0.1) is 0 Å². The number of nitrogens with one attached hydrogen (secondary N) is 1. The Balaban J connectivity index is 3.23. The van der Waals surface area contributed by atoms with E-state index in [1.54, 1.807) is 0 Å². The van der Waals surface area contributed by atoms with Gasteiger partial charge in [-0.3, -0.25) is 14.9 Å². The van der Waals surface area contributed by atoms with Crippen LogP contribution < -0.4 is 5.32 Å². The van der Waals surface area contributed by atoms with E-state index in [4.69, 9.17) is 11.6 Å². The quantitative estimate of drug-likeness (QED) is 0.430. The molecule has 0 bridgehead atoms. The van der Waals surface area contributed by atoms with Gasteiger partial charge in [0.2, 0.25) is 0 Å². The highest BCUT2D eigenvalue weighted by Crippen LogP contribution is 2.53. The molecule has 0 unspecified atom stereocenters. The SMILES string of the molecule is O=C(Nc1ccc(Cl)c([N+](=O)[O-])c1)C(F)(F)C(F)(F)C(F)(F)C(F)(F)F. The number of nitrogens with zero attached hydrogens (tertiary/aromatic N) is 1. The maximum absolute atomic E-state index is 13.3. The minimum atomic E-state index is -7.24. The molecule has 0 aliphatic carbocycles. The van der Waals surface area contributed by atoms with Gasteiger partial charge in [-0.2, -0.15) is 39.5 Å². The van der Waals surface area contributed by atoms with Gasteiger partial charge in [0.25, 0.3) is 5.69 Å². The Bertz CT molecular complexity index is 736. The fourth-order valence-electron chi connectivity index (χ4n) is 1.46. The van der Waals surface area contributed by atoms with Crippen LogP contribution in [0.2, 0.25) is 5.02 Å². The summed E-state index contributed by atoms with van der Waals surface area (Å²) in [6.07, 6.45) is -7.08. The lowest BCUT2D eigenvalue weighted by atomic mass is 10.0. The molecule has 1 N–H and O–H groups in total. The van der Waals surface area contributed by atoms with Crippen LogP contribution in [0, 0.1) is 10.1 Å². The monoisotopic (exact) mass is 418 g/mol. The molecule has 1 rings (SSSR count). The Kier molecular flexibility index (Phi) is 5.43. The van der Waals surface area contributed by atoms with Crippen molar-refractivity contribution in [1.82, 2.24) is 0 Å². The van der Waals surface area contributed by atoms with Crippen molar-refractivity contribution in [1.29, 1.82) is 0 Å². The van der Waals surface area contributed by atoms with Gasteiger partial charge in [0.1, 0.15) is 5.02 Å². The number of nitro benzene ring substituents is 1. The molecule has 5 nitrogen and oxygen atoms in total. The van der Waals surface area contributed by atoms with E-state index in [9.17, 15) is 54.4 Å². The average Bonchev–Trinajstić information content (AvgIpc) is 2.47. The molecule has 1 aromatic rings. The molecule has 0 aliphatic heterocycles. The van der Waals surface area contributed by atoms with Gasteiger partial charge in [0.15, 0.2) is 0 Å². The summed E-state index contributed by atoms with van der Waals surface area (Å²) in [4.78, 5) is 20.6. The van der Waals surface area contributed by atoms with Crippen LogP contribution in [0.1, 0.15) is 0 Å². The summed E-state index contributed by atoms with van der Waals surface area (Å²) >= 11 is 5.35. The molecule has 0 saturated carbocycles. The molecule has 0 fully saturated rings. The molecule has 1 aromatic carbocycles. The van der Waals surface area contributed by atoms with Crippen molar-refractivity contribution >= 4 is 28.9 Å². The van der Waals surface area contributed by atoms with E-state index in [0.29, 0.717) is 18.2 Å². The molecule has 0 saturated heterocycles. The minimum Gasteiger partial charge on any atom is -0.320 e. The van der Waals surface area contributed by atoms with E-state index >= 15 is 0 Å². The topological polar surface area (TPSA) is 72.2 Å². The maximum Gasteiger partial charge on any atom is 0.460 e. The number of rotatable bonds is 5. The van der Waals surface area contributed by atoms with Crippen LogP contribution >= 0.6 is 11.6 Å². The number of hydrogen-bond acceptors (Lipinski definition) is 3. The lowest BCUT2D eigenvalue weighted by Gasteiger charge is -2.32. The van der Waals surface area contributed by atoms with Crippen LogP contribution in [0.5, 0.6) is 0 Å². The number of nitro groups is 1. The van der Waals surface area contributed by atoms with Crippen LogP contribution in [0.25, 0.3) is 0 Å². The summed E-state index contributed by atoms with van der Waals surface area (Å²) in [6, 6.07) is 1.55. The van der Waals surface area contributed by atoms with Crippen LogP contribution in [-0.4, -0.2) is 34.8 Å². The molecule has 0 aromatic heterocycles. The first-order valence-electron chi connectivity index (χ1n) is 5.92. The van der Waals surface area contributed by atoms with E-state index < -0.39 is 51.2 Å². The summed E-state index contributed by atoms with van der Waals surface area (Å²) in [5.74, 6) is -24.2. The molecule has 0 spiro atoms. The Morgan fingerprint density at radius 1 is 1.00 bits per heavy atom. The van der Waals surface area contributed by atoms with Gasteiger partial charge in [-0.25, -0.2) is 0 Å². The number of carbonyl (C=O) groups is 1. The Morgan fingerprint density at radius 3 is 1.92 bits per heavy atom. The molecule has 0 atom stereocenters. The second-order valence-electron chi connectivity index (χ2n) is 4.60. The van der Waals surface area contributed by atoms with E-state index in [-0.39, 0.29) is 0 Å². The van der Waals surface area contributed by atoms with Crippen molar-refractivity contribution < 1.29 is 49.2 Å². The van der Waals surface area contributed by atoms with E-state index in [0.717, 1.165) is 5.32 Å². The molecular formula is C11H4ClF9N2O3. The van der Waals surface area contributed by atoms with Crippen molar-refractivity contribution in [3.63, 3.8) is 0 Å². The molecule has 0 heterocycles. The van der Waals surface area contributed by atoms with Gasteiger partial charge < -0.3 is 5.32 Å². The number of benzene rings is 1. The zero-order valence-corrected chi connectivity index (χ0v) is 12.4. The number of amides is 1. The van der Waals surface area contributed by atoms with Gasteiger partial charge in [0, 0.05) is 11.8 Å². The number of hydrogen-bond donors (Lipinski definition) is 1. The highest BCUT2D eigenvalue weighted by atomic mass is 35.5. The predicted molar refractivity (Wildman–Crippen MR) is 67.6 cm³/mol. The Morgan fingerprint density at radius 2 is 1.50 bits per heavy atom. The zero-order valence-electron chi connectivity index (χ0n) is 11.7. The van der Waals surface area contributed by atoms with Crippen molar-refractivity contribution in [3.8, 4) is 0 Å². The molecule has 146 valence electrons. The van der Waals surface area contributed by atoms with Gasteiger partial charge in [-0.1, -0.05) is 11.6 Å². The number of halogens is 10. The maximum atomic E-state index is 13.3. The molecule has 26 heavy (non-hydrogen) atoms. The third-order valence-corrected chi connectivity index (χ3v) is 3.15. The summed E-state index contributed by atoms with van der Waals surface area (Å²) in [5.41, 5.74) is -1.96.